The second-order valence-corrected chi connectivity index (χ2v) is 7.17. The van der Waals surface area contributed by atoms with Crippen LogP contribution in [0.4, 0.5) is 4.39 Å². The Hall–Kier alpha value is -1.15. The number of nitrogens with one attached hydrogen (secondary N) is 1. The van der Waals surface area contributed by atoms with E-state index in [1.807, 2.05) is 0 Å². The summed E-state index contributed by atoms with van der Waals surface area (Å²) in [5.74, 6) is -0.920. The molecule has 3 nitrogen and oxygen atoms in total. The van der Waals surface area contributed by atoms with Gasteiger partial charge in [-0.05, 0) is 29.9 Å². The van der Waals surface area contributed by atoms with Gasteiger partial charge in [0.2, 0.25) is 0 Å². The Morgan fingerprint density at radius 1 is 1.50 bits per heavy atom. The predicted molar refractivity (Wildman–Crippen MR) is 85.1 cm³/mol. The SMILES string of the molecule is CC(C)(CCO)CC1NCC(c2cccc(Cl)c2F)C1C#N. The van der Waals surface area contributed by atoms with Crippen LogP contribution in [-0.4, -0.2) is 24.3 Å². The number of halogens is 2. The molecule has 3 atom stereocenters. The molecule has 1 heterocycles. The van der Waals surface area contributed by atoms with Crippen molar-refractivity contribution in [3.8, 4) is 6.07 Å². The van der Waals surface area contributed by atoms with Gasteiger partial charge in [0.05, 0.1) is 17.0 Å². The first-order valence-corrected chi connectivity index (χ1v) is 7.95. The van der Waals surface area contributed by atoms with Crippen LogP contribution in [0.25, 0.3) is 0 Å². The van der Waals surface area contributed by atoms with Gasteiger partial charge in [-0.25, -0.2) is 4.39 Å². The molecule has 0 spiro atoms. The van der Waals surface area contributed by atoms with Gasteiger partial charge in [-0.1, -0.05) is 37.6 Å². The third-order valence-corrected chi connectivity index (χ3v) is 4.85. The normalized spacial score (nSPS) is 25.2. The second-order valence-electron chi connectivity index (χ2n) is 6.76. The first kappa shape index (κ1) is 17.2. The summed E-state index contributed by atoms with van der Waals surface area (Å²) in [5.41, 5.74) is 0.442. The summed E-state index contributed by atoms with van der Waals surface area (Å²) in [5, 5.41) is 22.2. The molecule has 0 saturated carbocycles. The van der Waals surface area contributed by atoms with Gasteiger partial charge in [0.25, 0.3) is 0 Å². The number of benzene rings is 1. The fourth-order valence-electron chi connectivity index (χ4n) is 3.30. The van der Waals surface area contributed by atoms with Crippen LogP contribution in [0.1, 0.15) is 38.2 Å². The molecule has 0 amide bonds. The first-order valence-electron chi connectivity index (χ1n) is 7.57. The Bertz CT molecular complexity index is 570. The largest absolute Gasteiger partial charge is 0.396 e. The van der Waals surface area contributed by atoms with Crippen molar-refractivity contribution in [3.63, 3.8) is 0 Å². The smallest absolute Gasteiger partial charge is 0.145 e. The lowest BCUT2D eigenvalue weighted by molar-refractivity contribution is 0.185. The van der Waals surface area contributed by atoms with Crippen molar-refractivity contribution in [1.29, 1.82) is 5.26 Å². The maximum Gasteiger partial charge on any atom is 0.145 e. The van der Waals surface area contributed by atoms with Crippen LogP contribution in [-0.2, 0) is 0 Å². The van der Waals surface area contributed by atoms with Crippen LogP contribution in [0, 0.1) is 28.5 Å². The van der Waals surface area contributed by atoms with E-state index in [4.69, 9.17) is 16.7 Å². The summed E-state index contributed by atoms with van der Waals surface area (Å²) in [6.07, 6.45) is 1.45. The highest BCUT2D eigenvalue weighted by molar-refractivity contribution is 6.30. The summed E-state index contributed by atoms with van der Waals surface area (Å²) in [6.45, 7) is 4.85. The van der Waals surface area contributed by atoms with Crippen LogP contribution >= 0.6 is 11.6 Å². The molecule has 1 aliphatic rings. The van der Waals surface area contributed by atoms with Gasteiger partial charge >= 0.3 is 0 Å². The first-order chi connectivity index (χ1) is 10.4. The van der Waals surface area contributed by atoms with Crippen molar-refractivity contribution < 1.29 is 9.50 Å². The molecule has 1 aromatic carbocycles. The van der Waals surface area contributed by atoms with Crippen molar-refractivity contribution >= 4 is 11.6 Å². The maximum atomic E-state index is 14.2. The standard InChI is InChI=1S/C17H22ClFN2O/c1-17(2,6-7-22)8-15-12(9-20)13(10-21-15)11-4-3-5-14(18)16(11)19/h3-5,12-13,15,21-22H,6-8,10H2,1-2H3. The molecule has 0 aromatic heterocycles. The molecule has 2 rings (SSSR count). The number of hydrogen-bond acceptors (Lipinski definition) is 3. The summed E-state index contributed by atoms with van der Waals surface area (Å²) in [4.78, 5) is 0. The van der Waals surface area contributed by atoms with Crippen LogP contribution in [0.15, 0.2) is 18.2 Å². The number of rotatable bonds is 5. The van der Waals surface area contributed by atoms with Gasteiger partial charge < -0.3 is 10.4 Å². The zero-order chi connectivity index (χ0) is 16.3. The van der Waals surface area contributed by atoms with E-state index in [1.165, 1.54) is 6.07 Å². The van der Waals surface area contributed by atoms with E-state index in [2.05, 4.69) is 25.2 Å². The number of aliphatic hydroxyl groups excluding tert-OH is 1. The Morgan fingerprint density at radius 2 is 2.23 bits per heavy atom. The van der Waals surface area contributed by atoms with E-state index < -0.39 is 5.82 Å². The summed E-state index contributed by atoms with van der Waals surface area (Å²) < 4.78 is 14.2. The monoisotopic (exact) mass is 324 g/mol. The third-order valence-electron chi connectivity index (χ3n) is 4.56. The van der Waals surface area contributed by atoms with Crippen molar-refractivity contribution in [2.75, 3.05) is 13.2 Å². The van der Waals surface area contributed by atoms with Crippen LogP contribution < -0.4 is 5.32 Å². The van der Waals surface area contributed by atoms with Crippen molar-refractivity contribution in [2.24, 2.45) is 11.3 Å². The zero-order valence-corrected chi connectivity index (χ0v) is 13.7. The van der Waals surface area contributed by atoms with Crippen LogP contribution in [0.5, 0.6) is 0 Å². The second kappa shape index (κ2) is 6.95. The van der Waals surface area contributed by atoms with Gasteiger partial charge in [-0.3, -0.25) is 0 Å². The number of aliphatic hydroxyl groups is 1. The molecule has 5 heteroatoms. The van der Waals surface area contributed by atoms with Gasteiger partial charge in [0, 0.05) is 25.1 Å². The molecule has 0 bridgehead atoms. The van der Waals surface area contributed by atoms with Gasteiger partial charge in [0.15, 0.2) is 0 Å². The Kier molecular flexibility index (Phi) is 5.44. The summed E-state index contributed by atoms with van der Waals surface area (Å²) in [6, 6.07) is 7.28. The minimum Gasteiger partial charge on any atom is -0.396 e. The molecule has 3 unspecified atom stereocenters. The summed E-state index contributed by atoms with van der Waals surface area (Å²) >= 11 is 5.86. The topological polar surface area (TPSA) is 56.0 Å². The molecule has 2 N–H and O–H groups in total. The number of nitriles is 1. The van der Waals surface area contributed by atoms with E-state index in [1.54, 1.807) is 12.1 Å². The molecule has 0 radical (unpaired) electrons. The fraction of sp³-hybridized carbons (Fsp3) is 0.588. The Balaban J connectivity index is 2.20. The van der Waals surface area contributed by atoms with E-state index in [0.717, 1.165) is 6.42 Å². The molecule has 1 fully saturated rings. The molecule has 120 valence electrons. The number of nitrogens with zero attached hydrogens (tertiary/aromatic N) is 1. The lowest BCUT2D eigenvalue weighted by Crippen LogP contribution is -2.33. The third kappa shape index (κ3) is 3.60. The van der Waals surface area contributed by atoms with E-state index in [9.17, 15) is 9.65 Å². The van der Waals surface area contributed by atoms with Crippen LogP contribution in [0.3, 0.4) is 0 Å². The van der Waals surface area contributed by atoms with Crippen molar-refractivity contribution in [1.82, 2.24) is 5.32 Å². The molecule has 1 saturated heterocycles. The van der Waals surface area contributed by atoms with E-state index >= 15 is 0 Å². The highest BCUT2D eigenvalue weighted by Gasteiger charge is 2.40. The highest BCUT2D eigenvalue weighted by atomic mass is 35.5. The Morgan fingerprint density at radius 3 is 2.86 bits per heavy atom. The van der Waals surface area contributed by atoms with E-state index in [-0.39, 0.29) is 34.9 Å². The summed E-state index contributed by atoms with van der Waals surface area (Å²) in [7, 11) is 0. The average molecular weight is 325 g/mol. The number of hydrogen-bond donors (Lipinski definition) is 2. The lowest BCUT2D eigenvalue weighted by atomic mass is 9.77. The minimum absolute atomic E-state index is 0.00469. The maximum absolute atomic E-state index is 14.2. The van der Waals surface area contributed by atoms with Gasteiger partial charge in [0.1, 0.15) is 5.82 Å². The Labute approximate surface area is 136 Å². The molecule has 1 aliphatic heterocycles. The quantitative estimate of drug-likeness (QED) is 0.872. The van der Waals surface area contributed by atoms with Crippen LogP contribution in [0.2, 0.25) is 5.02 Å². The lowest BCUT2D eigenvalue weighted by Gasteiger charge is -2.29. The minimum atomic E-state index is -0.425. The molecular formula is C17H22ClFN2O. The van der Waals surface area contributed by atoms with Gasteiger partial charge in [-0.15, -0.1) is 0 Å². The highest BCUT2D eigenvalue weighted by Crippen LogP contribution is 2.39. The molecule has 22 heavy (non-hydrogen) atoms. The molecule has 1 aromatic rings. The fourth-order valence-corrected chi connectivity index (χ4v) is 3.48. The van der Waals surface area contributed by atoms with Crippen molar-refractivity contribution in [2.45, 2.75) is 38.6 Å². The average Bonchev–Trinajstić information content (AvgIpc) is 2.83. The molecule has 0 aliphatic carbocycles. The van der Waals surface area contributed by atoms with E-state index in [0.29, 0.717) is 18.5 Å². The van der Waals surface area contributed by atoms with Gasteiger partial charge in [-0.2, -0.15) is 5.26 Å². The predicted octanol–water partition coefficient (Wildman–Crippen LogP) is 3.47. The van der Waals surface area contributed by atoms with Crippen molar-refractivity contribution in [3.05, 3.63) is 34.6 Å². The zero-order valence-electron chi connectivity index (χ0n) is 12.9. The molecular weight excluding hydrogens is 303 g/mol.